The maximum Gasteiger partial charge on any atom is 0.486 e. The molecule has 0 saturated carbocycles. The molecule has 0 atom stereocenters. The lowest BCUT2D eigenvalue weighted by Crippen LogP contribution is -2.41. The highest BCUT2D eigenvalue weighted by atomic mass is 16.7. The van der Waals surface area contributed by atoms with E-state index in [1.807, 2.05) is 30.4 Å². The Bertz CT molecular complexity index is 696. The molecule has 0 bridgehead atoms. The van der Waals surface area contributed by atoms with Crippen molar-refractivity contribution in [2.45, 2.75) is 77.8 Å². The van der Waals surface area contributed by atoms with Crippen LogP contribution in [0.15, 0.2) is 47.9 Å². The molecule has 3 rings (SSSR count). The molecule has 0 N–H and O–H groups in total. The maximum atomic E-state index is 6.29. The van der Waals surface area contributed by atoms with E-state index in [1.54, 1.807) is 0 Å². The van der Waals surface area contributed by atoms with Gasteiger partial charge in [0.2, 0.25) is 0 Å². The molecule has 0 unspecified atom stereocenters. The average molecular weight is 382 g/mol. The van der Waals surface area contributed by atoms with Crippen molar-refractivity contribution >= 4 is 20.3 Å². The third-order valence-corrected chi connectivity index (χ3v) is 6.43. The van der Waals surface area contributed by atoms with Crippen LogP contribution in [0.5, 0.6) is 0 Å². The third-order valence-electron chi connectivity index (χ3n) is 6.43. The Morgan fingerprint density at radius 3 is 1.46 bits per heavy atom. The van der Waals surface area contributed by atoms with Crippen molar-refractivity contribution in [3.05, 3.63) is 53.4 Å². The first-order valence-corrected chi connectivity index (χ1v) is 9.99. The van der Waals surface area contributed by atoms with E-state index in [1.165, 1.54) is 0 Å². The van der Waals surface area contributed by atoms with E-state index in [9.17, 15) is 0 Å². The quantitative estimate of drug-likeness (QED) is 0.549. The third kappa shape index (κ3) is 4.02. The first kappa shape index (κ1) is 21.4. The van der Waals surface area contributed by atoms with Gasteiger partial charge in [-0.05, 0) is 66.3 Å². The molecule has 1 aromatic carbocycles. The van der Waals surface area contributed by atoms with Crippen molar-refractivity contribution in [3.63, 3.8) is 0 Å². The van der Waals surface area contributed by atoms with Crippen molar-refractivity contribution in [2.75, 3.05) is 0 Å². The van der Waals surface area contributed by atoms with Gasteiger partial charge < -0.3 is 18.6 Å². The number of hydrogen-bond acceptors (Lipinski definition) is 4. The molecule has 0 spiro atoms. The molecule has 28 heavy (non-hydrogen) atoms. The normalized spacial score (nSPS) is 24.7. The fourth-order valence-corrected chi connectivity index (χ4v) is 3.06. The first-order valence-electron chi connectivity index (χ1n) is 9.99. The zero-order chi connectivity index (χ0) is 20.8. The fourth-order valence-electron chi connectivity index (χ4n) is 3.06. The van der Waals surface area contributed by atoms with Crippen molar-refractivity contribution in [1.29, 1.82) is 0 Å². The van der Waals surface area contributed by atoms with Gasteiger partial charge in [-0.1, -0.05) is 48.6 Å². The van der Waals surface area contributed by atoms with Crippen LogP contribution in [0.25, 0.3) is 6.08 Å². The van der Waals surface area contributed by atoms with Crippen LogP contribution in [0.2, 0.25) is 0 Å². The number of rotatable bonds is 4. The summed E-state index contributed by atoms with van der Waals surface area (Å²) in [5, 5.41) is 0.837. The van der Waals surface area contributed by atoms with Gasteiger partial charge in [-0.15, -0.1) is 0 Å². The van der Waals surface area contributed by atoms with Crippen LogP contribution in [0.3, 0.4) is 0 Å². The summed E-state index contributed by atoms with van der Waals surface area (Å²) in [7, 11) is -1.06. The Labute approximate surface area is 170 Å². The van der Waals surface area contributed by atoms with Crippen LogP contribution in [0.1, 0.15) is 61.0 Å². The molecule has 2 fully saturated rings. The van der Waals surface area contributed by atoms with Crippen LogP contribution >= 0.6 is 0 Å². The lowest BCUT2D eigenvalue weighted by Gasteiger charge is -2.32. The molecular weight excluding hydrogens is 350 g/mol. The summed E-state index contributed by atoms with van der Waals surface area (Å²) >= 11 is 0. The SMILES string of the molecule is CC1(C)OB(C(=C/C=C/c2ccccc2)B2OC(C)(C)C(C)(C)O2)OC1(C)C. The lowest BCUT2D eigenvalue weighted by atomic mass is 9.57. The van der Waals surface area contributed by atoms with E-state index in [4.69, 9.17) is 18.6 Å². The van der Waals surface area contributed by atoms with Gasteiger partial charge in [0.25, 0.3) is 0 Å². The van der Waals surface area contributed by atoms with Gasteiger partial charge in [0.05, 0.1) is 22.4 Å². The van der Waals surface area contributed by atoms with E-state index in [0.29, 0.717) is 0 Å². The Hall–Kier alpha value is -1.33. The highest BCUT2D eigenvalue weighted by molar-refractivity contribution is 6.78. The molecule has 4 nitrogen and oxygen atoms in total. The molecule has 2 aliphatic heterocycles. The molecule has 2 heterocycles. The van der Waals surface area contributed by atoms with E-state index < -0.39 is 36.6 Å². The van der Waals surface area contributed by atoms with E-state index in [0.717, 1.165) is 10.9 Å². The smallest absolute Gasteiger partial charge is 0.400 e. The maximum absolute atomic E-state index is 6.29. The van der Waals surface area contributed by atoms with E-state index >= 15 is 0 Å². The fraction of sp³-hybridized carbons (Fsp3) is 0.545. The molecule has 6 heteroatoms. The Morgan fingerprint density at radius 2 is 1.07 bits per heavy atom. The zero-order valence-corrected chi connectivity index (χ0v) is 18.4. The molecular formula is C22H32B2O4. The minimum atomic E-state index is -0.528. The summed E-state index contributed by atoms with van der Waals surface area (Å²) in [5.74, 6) is 0. The van der Waals surface area contributed by atoms with Gasteiger partial charge in [-0.2, -0.15) is 0 Å². The van der Waals surface area contributed by atoms with Crippen molar-refractivity contribution in [2.24, 2.45) is 0 Å². The molecule has 0 aliphatic carbocycles. The van der Waals surface area contributed by atoms with Crippen LogP contribution in [0, 0.1) is 0 Å². The summed E-state index contributed by atoms with van der Waals surface area (Å²) in [4.78, 5) is 0. The minimum Gasteiger partial charge on any atom is -0.400 e. The van der Waals surface area contributed by atoms with Crippen molar-refractivity contribution in [1.82, 2.24) is 0 Å². The summed E-state index contributed by atoms with van der Waals surface area (Å²) in [6.45, 7) is 16.4. The second-order valence-electron chi connectivity index (χ2n) is 9.61. The van der Waals surface area contributed by atoms with Crippen LogP contribution in [0.4, 0.5) is 0 Å². The first-order chi connectivity index (χ1) is 12.8. The van der Waals surface area contributed by atoms with Gasteiger partial charge in [0.15, 0.2) is 0 Å². The topological polar surface area (TPSA) is 36.9 Å². The van der Waals surface area contributed by atoms with Gasteiger partial charge in [0.1, 0.15) is 0 Å². The van der Waals surface area contributed by atoms with Gasteiger partial charge in [-0.25, -0.2) is 0 Å². The summed E-state index contributed by atoms with van der Waals surface area (Å²) < 4.78 is 25.2. The van der Waals surface area contributed by atoms with Crippen LogP contribution in [-0.2, 0) is 18.6 Å². The monoisotopic (exact) mass is 382 g/mol. The van der Waals surface area contributed by atoms with Crippen molar-refractivity contribution < 1.29 is 18.6 Å². The molecule has 2 saturated heterocycles. The Kier molecular flexibility index (Phi) is 5.48. The number of hydrogen-bond donors (Lipinski definition) is 0. The Balaban J connectivity index is 1.92. The summed E-state index contributed by atoms with van der Waals surface area (Å²) in [5.41, 5.74) is -0.582. The van der Waals surface area contributed by atoms with Crippen LogP contribution < -0.4 is 0 Å². The lowest BCUT2D eigenvalue weighted by molar-refractivity contribution is 0.00578. The molecule has 0 amide bonds. The predicted molar refractivity (Wildman–Crippen MR) is 116 cm³/mol. The molecule has 0 aromatic heterocycles. The largest absolute Gasteiger partial charge is 0.486 e. The van der Waals surface area contributed by atoms with Gasteiger partial charge in [-0.3, -0.25) is 0 Å². The van der Waals surface area contributed by atoms with Gasteiger partial charge >= 0.3 is 14.2 Å². The van der Waals surface area contributed by atoms with Gasteiger partial charge in [0, 0.05) is 0 Å². The van der Waals surface area contributed by atoms with E-state index in [2.05, 4.69) is 73.6 Å². The zero-order valence-electron chi connectivity index (χ0n) is 18.4. The second kappa shape index (κ2) is 7.17. The van der Waals surface area contributed by atoms with E-state index in [-0.39, 0.29) is 0 Å². The highest BCUT2D eigenvalue weighted by Gasteiger charge is 2.59. The van der Waals surface area contributed by atoms with Crippen molar-refractivity contribution in [3.8, 4) is 0 Å². The predicted octanol–water partition coefficient (Wildman–Crippen LogP) is 4.89. The minimum absolute atomic E-state index is 0.427. The molecule has 150 valence electrons. The number of allylic oxidation sites excluding steroid dienone is 2. The highest BCUT2D eigenvalue weighted by Crippen LogP contribution is 2.43. The molecule has 2 aliphatic rings. The standard InChI is InChI=1S/C22H32B2O4/c1-19(2)20(3,4)26-23(25-19)18(16-12-15-17-13-10-9-11-14-17)24-27-21(5,6)22(7,8)28-24/h9-16H,1-8H3/b15-12+. The molecule has 0 radical (unpaired) electrons. The average Bonchev–Trinajstić information content (AvgIpc) is 2.91. The second-order valence-corrected chi connectivity index (χ2v) is 9.61. The number of benzene rings is 1. The molecule has 1 aromatic rings. The van der Waals surface area contributed by atoms with Crippen LogP contribution in [-0.4, -0.2) is 36.6 Å². The Morgan fingerprint density at radius 1 is 0.679 bits per heavy atom. The summed E-state index contributed by atoms with van der Waals surface area (Å²) in [6, 6.07) is 10.2. The summed E-state index contributed by atoms with van der Waals surface area (Å²) in [6.07, 6.45) is 6.05.